The lowest BCUT2D eigenvalue weighted by atomic mass is 10.1. The zero-order valence-electron chi connectivity index (χ0n) is 8.13. The second kappa shape index (κ2) is 5.09. The number of carboxylic acids is 1. The maximum atomic E-state index is 13.5. The third kappa shape index (κ3) is 2.67. The van der Waals surface area contributed by atoms with E-state index in [1.807, 2.05) is 0 Å². The van der Waals surface area contributed by atoms with E-state index in [0.29, 0.717) is 6.54 Å². The molecule has 2 N–H and O–H groups in total. The van der Waals surface area contributed by atoms with E-state index in [2.05, 4.69) is 5.32 Å². The Hall–Kier alpha value is -1.13. The third-order valence-electron chi connectivity index (χ3n) is 1.95. The van der Waals surface area contributed by atoms with Gasteiger partial charge in [0.2, 0.25) is 0 Å². The first-order chi connectivity index (χ1) is 7.07. The van der Waals surface area contributed by atoms with Crippen LogP contribution in [0.4, 0.5) is 4.39 Å². The van der Waals surface area contributed by atoms with Gasteiger partial charge in [0.25, 0.3) is 0 Å². The highest BCUT2D eigenvalue weighted by atomic mass is 35.5. The van der Waals surface area contributed by atoms with Gasteiger partial charge < -0.3 is 10.4 Å². The molecule has 0 saturated heterocycles. The molecule has 0 heterocycles. The van der Waals surface area contributed by atoms with Gasteiger partial charge in [-0.2, -0.15) is 0 Å². The Balaban J connectivity index is 3.11. The van der Waals surface area contributed by atoms with Crippen molar-refractivity contribution < 1.29 is 14.3 Å². The molecule has 0 aromatic heterocycles. The second-order valence-electron chi connectivity index (χ2n) is 2.97. The van der Waals surface area contributed by atoms with Crippen LogP contribution in [0.15, 0.2) is 18.2 Å². The number of halogens is 2. The Kier molecular flexibility index (Phi) is 4.05. The molecule has 82 valence electrons. The summed E-state index contributed by atoms with van der Waals surface area (Å²) in [6.07, 6.45) is 0. The van der Waals surface area contributed by atoms with Crippen molar-refractivity contribution in [2.75, 3.05) is 6.54 Å². The van der Waals surface area contributed by atoms with Crippen molar-refractivity contribution in [3.8, 4) is 0 Å². The van der Waals surface area contributed by atoms with Gasteiger partial charge in [0.05, 0.1) is 5.02 Å². The molecule has 0 spiro atoms. The second-order valence-corrected chi connectivity index (χ2v) is 3.38. The summed E-state index contributed by atoms with van der Waals surface area (Å²) in [4.78, 5) is 10.9. The summed E-state index contributed by atoms with van der Waals surface area (Å²) in [5.74, 6) is -1.81. The maximum Gasteiger partial charge on any atom is 0.325 e. The van der Waals surface area contributed by atoms with E-state index in [1.165, 1.54) is 18.2 Å². The first-order valence-corrected chi connectivity index (χ1v) is 4.85. The Bertz CT molecular complexity index is 370. The predicted octanol–water partition coefficient (Wildman–Crippen LogP) is 2.21. The molecule has 15 heavy (non-hydrogen) atoms. The maximum absolute atomic E-state index is 13.5. The Labute approximate surface area is 91.9 Å². The molecular formula is C10H11ClFNO2. The van der Waals surface area contributed by atoms with E-state index < -0.39 is 17.8 Å². The molecule has 0 bridgehead atoms. The van der Waals surface area contributed by atoms with E-state index in [0.717, 1.165) is 0 Å². The summed E-state index contributed by atoms with van der Waals surface area (Å²) in [5.41, 5.74) is 0.0526. The Morgan fingerprint density at radius 3 is 2.87 bits per heavy atom. The highest BCUT2D eigenvalue weighted by Crippen LogP contribution is 2.23. The number of hydrogen-bond donors (Lipinski definition) is 2. The summed E-state index contributed by atoms with van der Waals surface area (Å²) in [6.45, 7) is 2.18. The van der Waals surface area contributed by atoms with Gasteiger partial charge in [-0.05, 0) is 12.6 Å². The van der Waals surface area contributed by atoms with E-state index in [9.17, 15) is 9.18 Å². The monoisotopic (exact) mass is 231 g/mol. The Morgan fingerprint density at radius 1 is 1.67 bits per heavy atom. The molecule has 3 nitrogen and oxygen atoms in total. The van der Waals surface area contributed by atoms with Crippen LogP contribution in [0.2, 0.25) is 5.02 Å². The summed E-state index contributed by atoms with van der Waals surface area (Å²) in [7, 11) is 0. The molecule has 1 rings (SSSR count). The minimum absolute atomic E-state index is 0.0526. The normalized spacial score (nSPS) is 12.5. The van der Waals surface area contributed by atoms with Crippen LogP contribution in [-0.4, -0.2) is 17.6 Å². The van der Waals surface area contributed by atoms with Crippen LogP contribution < -0.4 is 5.32 Å². The van der Waals surface area contributed by atoms with Gasteiger partial charge in [-0.15, -0.1) is 0 Å². The van der Waals surface area contributed by atoms with Crippen LogP contribution in [0.3, 0.4) is 0 Å². The van der Waals surface area contributed by atoms with Crippen molar-refractivity contribution in [3.05, 3.63) is 34.6 Å². The van der Waals surface area contributed by atoms with Crippen molar-refractivity contribution in [2.24, 2.45) is 0 Å². The van der Waals surface area contributed by atoms with Crippen LogP contribution in [0.25, 0.3) is 0 Å². The van der Waals surface area contributed by atoms with Crippen molar-refractivity contribution in [2.45, 2.75) is 13.0 Å². The lowest BCUT2D eigenvalue weighted by molar-refractivity contribution is -0.139. The minimum atomic E-state index is -1.13. The number of rotatable bonds is 4. The number of aliphatic carboxylic acids is 1. The van der Waals surface area contributed by atoms with Crippen LogP contribution in [-0.2, 0) is 4.79 Å². The average Bonchev–Trinajstić information content (AvgIpc) is 2.19. The van der Waals surface area contributed by atoms with Crippen molar-refractivity contribution in [1.29, 1.82) is 0 Å². The van der Waals surface area contributed by atoms with E-state index in [1.54, 1.807) is 6.92 Å². The molecule has 5 heteroatoms. The molecule has 0 aliphatic rings. The molecule has 1 aromatic rings. The fourth-order valence-corrected chi connectivity index (χ4v) is 1.46. The fraction of sp³-hybridized carbons (Fsp3) is 0.300. The predicted molar refractivity (Wildman–Crippen MR) is 55.5 cm³/mol. The van der Waals surface area contributed by atoms with Gasteiger partial charge in [0.1, 0.15) is 11.9 Å². The topological polar surface area (TPSA) is 49.3 Å². The molecule has 0 radical (unpaired) electrons. The van der Waals surface area contributed by atoms with Crippen LogP contribution in [0, 0.1) is 5.82 Å². The van der Waals surface area contributed by atoms with E-state index >= 15 is 0 Å². The largest absolute Gasteiger partial charge is 0.480 e. The van der Waals surface area contributed by atoms with Crippen LogP contribution >= 0.6 is 11.6 Å². The molecule has 0 aliphatic heterocycles. The summed E-state index contributed by atoms with van der Waals surface area (Å²) in [5, 5.41) is 11.5. The number of carbonyl (C=O) groups is 1. The van der Waals surface area contributed by atoms with Crippen molar-refractivity contribution >= 4 is 17.6 Å². The lowest BCUT2D eigenvalue weighted by Crippen LogP contribution is -2.29. The standard InChI is InChI=1S/C10H11ClFNO2/c1-2-13-9(10(14)15)6-4-3-5-7(11)8(6)12/h3-5,9,13H,2H2,1H3,(H,14,15). The molecule has 0 saturated carbocycles. The van der Waals surface area contributed by atoms with Crippen LogP contribution in [0.1, 0.15) is 18.5 Å². The zero-order valence-corrected chi connectivity index (χ0v) is 8.88. The van der Waals surface area contributed by atoms with Gasteiger partial charge in [0.15, 0.2) is 0 Å². The minimum Gasteiger partial charge on any atom is -0.480 e. The lowest BCUT2D eigenvalue weighted by Gasteiger charge is -2.14. The zero-order chi connectivity index (χ0) is 11.4. The molecule has 0 aliphatic carbocycles. The number of nitrogens with one attached hydrogen (secondary N) is 1. The quantitative estimate of drug-likeness (QED) is 0.835. The van der Waals surface area contributed by atoms with Crippen molar-refractivity contribution in [3.63, 3.8) is 0 Å². The molecular weight excluding hydrogens is 221 g/mol. The van der Waals surface area contributed by atoms with E-state index in [-0.39, 0.29) is 10.6 Å². The first-order valence-electron chi connectivity index (χ1n) is 4.48. The third-order valence-corrected chi connectivity index (χ3v) is 2.24. The van der Waals surface area contributed by atoms with Crippen LogP contribution in [0.5, 0.6) is 0 Å². The molecule has 1 aromatic carbocycles. The Morgan fingerprint density at radius 2 is 2.33 bits per heavy atom. The van der Waals surface area contributed by atoms with Crippen molar-refractivity contribution in [1.82, 2.24) is 5.32 Å². The van der Waals surface area contributed by atoms with Gasteiger partial charge in [-0.3, -0.25) is 4.79 Å². The van der Waals surface area contributed by atoms with Gasteiger partial charge in [-0.1, -0.05) is 30.7 Å². The van der Waals surface area contributed by atoms with Gasteiger partial charge >= 0.3 is 5.97 Å². The number of benzene rings is 1. The van der Waals surface area contributed by atoms with Gasteiger partial charge in [-0.25, -0.2) is 4.39 Å². The summed E-state index contributed by atoms with van der Waals surface area (Å²) >= 11 is 5.57. The van der Waals surface area contributed by atoms with Gasteiger partial charge in [0, 0.05) is 5.56 Å². The smallest absolute Gasteiger partial charge is 0.325 e. The highest BCUT2D eigenvalue weighted by Gasteiger charge is 2.22. The average molecular weight is 232 g/mol. The fourth-order valence-electron chi connectivity index (χ4n) is 1.28. The highest BCUT2D eigenvalue weighted by molar-refractivity contribution is 6.30. The summed E-state index contributed by atoms with van der Waals surface area (Å²) < 4.78 is 13.5. The molecule has 1 unspecified atom stereocenters. The number of likely N-dealkylation sites (N-methyl/N-ethyl adjacent to an activating group) is 1. The SMILES string of the molecule is CCNC(C(=O)O)c1cccc(Cl)c1F. The number of carboxylic acid groups (broad SMARTS) is 1. The summed E-state index contributed by atoms with van der Waals surface area (Å²) in [6, 6.07) is 3.25. The molecule has 0 fully saturated rings. The first kappa shape index (κ1) is 11.9. The molecule has 0 amide bonds. The molecule has 1 atom stereocenters. The van der Waals surface area contributed by atoms with E-state index in [4.69, 9.17) is 16.7 Å². The number of hydrogen-bond acceptors (Lipinski definition) is 2.